The highest BCUT2D eigenvalue weighted by atomic mass is 32.1. The van der Waals surface area contributed by atoms with Crippen LogP contribution in [0.25, 0.3) is 0 Å². The van der Waals surface area contributed by atoms with Crippen molar-refractivity contribution in [3.05, 3.63) is 85.7 Å². The Morgan fingerprint density at radius 3 is 2.61 bits per heavy atom. The highest BCUT2D eigenvalue weighted by Crippen LogP contribution is 2.20. The number of nitrogens with one attached hydrogen (secondary N) is 1. The van der Waals surface area contributed by atoms with E-state index in [1.54, 1.807) is 22.9 Å². The van der Waals surface area contributed by atoms with Gasteiger partial charge in [-0.25, -0.2) is 4.98 Å². The van der Waals surface area contributed by atoms with E-state index in [1.807, 2.05) is 37.3 Å². The van der Waals surface area contributed by atoms with Crippen molar-refractivity contribution in [1.29, 1.82) is 0 Å². The van der Waals surface area contributed by atoms with Gasteiger partial charge in [0.05, 0.1) is 17.2 Å². The monoisotopic (exact) mass is 395 g/mol. The second kappa shape index (κ2) is 9.46. The van der Waals surface area contributed by atoms with Crippen LogP contribution in [-0.4, -0.2) is 15.5 Å². The molecular weight excluding hydrogens is 370 g/mol. The predicted octanol–water partition coefficient (Wildman–Crippen LogP) is 3.93. The highest BCUT2D eigenvalue weighted by molar-refractivity contribution is 7.13. The molecule has 1 N–H and O–H groups in total. The molecule has 0 spiro atoms. The summed E-state index contributed by atoms with van der Waals surface area (Å²) in [6.07, 6.45) is 4.93. The summed E-state index contributed by atoms with van der Waals surface area (Å²) in [6.45, 7) is 5.04. The topological polar surface area (TPSA) is 64.0 Å². The van der Waals surface area contributed by atoms with Crippen molar-refractivity contribution in [3.8, 4) is 0 Å². The van der Waals surface area contributed by atoms with Crippen molar-refractivity contribution in [2.75, 3.05) is 0 Å². The molecule has 0 saturated heterocycles. The molecule has 0 fully saturated rings. The zero-order valence-electron chi connectivity index (χ0n) is 16.3. The van der Waals surface area contributed by atoms with Crippen molar-refractivity contribution >= 4 is 17.2 Å². The van der Waals surface area contributed by atoms with Crippen LogP contribution in [0.3, 0.4) is 0 Å². The normalized spacial score (nSPS) is 10.8. The van der Waals surface area contributed by atoms with Gasteiger partial charge >= 0.3 is 0 Å². The minimum atomic E-state index is -0.0716. The first-order chi connectivity index (χ1) is 13.6. The Morgan fingerprint density at radius 2 is 1.89 bits per heavy atom. The Morgan fingerprint density at radius 1 is 1.14 bits per heavy atom. The Labute approximate surface area is 169 Å². The fraction of sp³-hybridized carbons (Fsp3) is 0.318. The first-order valence-corrected chi connectivity index (χ1v) is 10.4. The molecule has 5 nitrogen and oxygen atoms in total. The van der Waals surface area contributed by atoms with Crippen LogP contribution in [0, 0.1) is 6.92 Å². The molecule has 1 amide bonds. The molecular formula is C22H25N3O2S. The molecule has 28 heavy (non-hydrogen) atoms. The maximum atomic E-state index is 12.5. The van der Waals surface area contributed by atoms with Crippen LogP contribution < -0.4 is 10.9 Å². The lowest BCUT2D eigenvalue weighted by Gasteiger charge is -2.08. The average molecular weight is 396 g/mol. The summed E-state index contributed by atoms with van der Waals surface area (Å²) in [5, 5.41) is 4.01. The summed E-state index contributed by atoms with van der Waals surface area (Å²) in [4.78, 5) is 29.5. The fourth-order valence-electron chi connectivity index (χ4n) is 2.91. The van der Waals surface area contributed by atoms with Crippen LogP contribution >= 0.6 is 11.3 Å². The summed E-state index contributed by atoms with van der Waals surface area (Å²) in [6, 6.07) is 13.1. The van der Waals surface area contributed by atoms with Gasteiger partial charge in [0.1, 0.15) is 4.88 Å². The van der Waals surface area contributed by atoms with Gasteiger partial charge in [0.2, 0.25) is 0 Å². The summed E-state index contributed by atoms with van der Waals surface area (Å²) in [5.41, 5.74) is 2.85. The van der Waals surface area contributed by atoms with Crippen LogP contribution in [-0.2, 0) is 19.5 Å². The number of benzene rings is 1. The molecule has 0 radical (unpaired) electrons. The molecule has 2 heterocycles. The Hall–Kier alpha value is -2.73. The molecule has 0 atom stereocenters. The molecule has 2 aromatic heterocycles. The van der Waals surface area contributed by atoms with Crippen molar-refractivity contribution in [2.24, 2.45) is 0 Å². The predicted molar refractivity (Wildman–Crippen MR) is 113 cm³/mol. The number of nitrogens with zero attached hydrogens (tertiary/aromatic N) is 2. The lowest BCUT2D eigenvalue weighted by Crippen LogP contribution is -2.22. The lowest BCUT2D eigenvalue weighted by molar-refractivity contribution is 0.0954. The van der Waals surface area contributed by atoms with E-state index in [0.29, 0.717) is 18.0 Å². The molecule has 0 aliphatic heterocycles. The van der Waals surface area contributed by atoms with Gasteiger partial charge in [-0.1, -0.05) is 43.7 Å². The third kappa shape index (κ3) is 5.16. The molecule has 0 bridgehead atoms. The third-order valence-electron chi connectivity index (χ3n) is 4.52. The number of pyridine rings is 1. The van der Waals surface area contributed by atoms with E-state index in [2.05, 4.69) is 17.2 Å². The lowest BCUT2D eigenvalue weighted by atomic mass is 10.1. The van der Waals surface area contributed by atoms with Crippen LogP contribution in [0.4, 0.5) is 0 Å². The quantitative estimate of drug-likeness (QED) is 0.628. The number of aryl methyl sites for hydroxylation is 2. The number of unbranched alkanes of at least 4 members (excludes halogenated alkanes) is 1. The minimum Gasteiger partial charge on any atom is -0.347 e. The van der Waals surface area contributed by atoms with Gasteiger partial charge in [-0.3, -0.25) is 9.59 Å². The van der Waals surface area contributed by atoms with Crippen LogP contribution in [0.2, 0.25) is 0 Å². The molecule has 0 aliphatic rings. The average Bonchev–Trinajstić information content (AvgIpc) is 3.08. The van der Waals surface area contributed by atoms with Gasteiger partial charge in [-0.05, 0) is 37.0 Å². The molecule has 3 aromatic rings. The molecule has 0 saturated carbocycles. The fourth-order valence-corrected chi connectivity index (χ4v) is 3.93. The number of carbonyl (C=O) groups excluding carboxylic acids is 1. The number of rotatable bonds is 8. The first-order valence-electron chi connectivity index (χ1n) is 9.54. The van der Waals surface area contributed by atoms with Gasteiger partial charge in [0.25, 0.3) is 11.5 Å². The first kappa shape index (κ1) is 20.0. The van der Waals surface area contributed by atoms with E-state index in [0.717, 1.165) is 41.1 Å². The summed E-state index contributed by atoms with van der Waals surface area (Å²) in [5.74, 6) is -0.0716. The maximum absolute atomic E-state index is 12.5. The second-order valence-corrected chi connectivity index (χ2v) is 7.88. The Kier molecular flexibility index (Phi) is 6.76. The van der Waals surface area contributed by atoms with Crippen LogP contribution in [0.1, 0.15) is 51.3 Å². The van der Waals surface area contributed by atoms with Crippen LogP contribution in [0.5, 0.6) is 0 Å². The Balaban J connectivity index is 1.57. The standard InChI is InChI=1S/C22H25N3O2S/c1-3-4-7-19-24-16(2)21(28-19)22(27)23-14-17-9-11-18(12-10-17)15-25-13-6-5-8-20(25)26/h5-6,8-13H,3-4,7,14-15H2,1-2H3,(H,23,27). The molecule has 0 aliphatic carbocycles. The van der Waals surface area contributed by atoms with E-state index in [4.69, 9.17) is 0 Å². The van der Waals surface area contributed by atoms with Crippen molar-refractivity contribution < 1.29 is 4.79 Å². The highest BCUT2D eigenvalue weighted by Gasteiger charge is 2.14. The molecule has 0 unspecified atom stereocenters. The molecule has 1 aromatic carbocycles. The van der Waals surface area contributed by atoms with Gasteiger partial charge in [0.15, 0.2) is 0 Å². The number of amides is 1. The third-order valence-corrected chi connectivity index (χ3v) is 5.74. The molecule has 146 valence electrons. The van der Waals surface area contributed by atoms with E-state index >= 15 is 0 Å². The maximum Gasteiger partial charge on any atom is 0.263 e. The number of carbonyl (C=O) groups is 1. The molecule has 3 rings (SSSR count). The number of hydrogen-bond donors (Lipinski definition) is 1. The van der Waals surface area contributed by atoms with Gasteiger partial charge in [-0.2, -0.15) is 0 Å². The van der Waals surface area contributed by atoms with Crippen LogP contribution in [0.15, 0.2) is 53.5 Å². The SMILES string of the molecule is CCCCc1nc(C)c(C(=O)NCc2ccc(Cn3ccccc3=O)cc2)s1. The zero-order valence-corrected chi connectivity index (χ0v) is 17.1. The van der Waals surface area contributed by atoms with E-state index < -0.39 is 0 Å². The van der Waals surface area contributed by atoms with E-state index in [9.17, 15) is 9.59 Å². The number of aromatic nitrogens is 2. The summed E-state index contributed by atoms with van der Waals surface area (Å²) < 4.78 is 1.67. The second-order valence-electron chi connectivity index (χ2n) is 6.79. The summed E-state index contributed by atoms with van der Waals surface area (Å²) in [7, 11) is 0. The van der Waals surface area contributed by atoms with Gasteiger partial charge < -0.3 is 9.88 Å². The molecule has 6 heteroatoms. The smallest absolute Gasteiger partial charge is 0.263 e. The largest absolute Gasteiger partial charge is 0.347 e. The van der Waals surface area contributed by atoms with Crippen molar-refractivity contribution in [1.82, 2.24) is 14.9 Å². The van der Waals surface area contributed by atoms with Crippen molar-refractivity contribution in [2.45, 2.75) is 46.2 Å². The number of hydrogen-bond acceptors (Lipinski definition) is 4. The summed E-state index contributed by atoms with van der Waals surface area (Å²) >= 11 is 1.49. The Bertz CT molecular complexity index is 990. The zero-order chi connectivity index (χ0) is 19.9. The van der Waals surface area contributed by atoms with E-state index in [1.165, 1.54) is 11.3 Å². The van der Waals surface area contributed by atoms with E-state index in [-0.39, 0.29) is 11.5 Å². The van der Waals surface area contributed by atoms with Crippen molar-refractivity contribution in [3.63, 3.8) is 0 Å². The van der Waals surface area contributed by atoms with Gasteiger partial charge in [0, 0.05) is 18.8 Å². The minimum absolute atomic E-state index is 0.0166. The number of thiazole rings is 1. The van der Waals surface area contributed by atoms with Gasteiger partial charge in [-0.15, -0.1) is 11.3 Å².